The van der Waals surface area contributed by atoms with Crippen molar-refractivity contribution >= 4 is 88.9 Å². The molecule has 8 rings (SSSR count). The Bertz CT molecular complexity index is 2180. The molecule has 0 aliphatic carbocycles. The minimum atomic E-state index is 0. The summed E-state index contributed by atoms with van der Waals surface area (Å²) >= 11 is 24.8. The molecule has 4 heterocycles. The number of likely N-dealkylation sites (tertiary alicyclic amines) is 1. The summed E-state index contributed by atoms with van der Waals surface area (Å²) in [5.74, 6) is 2.31. The van der Waals surface area contributed by atoms with Crippen molar-refractivity contribution in [3.63, 3.8) is 0 Å². The van der Waals surface area contributed by atoms with Crippen molar-refractivity contribution in [2.75, 3.05) is 65.4 Å². The van der Waals surface area contributed by atoms with Gasteiger partial charge >= 0.3 is 0 Å². The number of nitrogens with zero attached hydrogens (tertiary/aromatic N) is 5. The van der Waals surface area contributed by atoms with Crippen molar-refractivity contribution in [2.45, 2.75) is 97.3 Å². The maximum atomic E-state index is 13.5. The van der Waals surface area contributed by atoms with Crippen LogP contribution in [0.2, 0.25) is 20.1 Å². The summed E-state index contributed by atoms with van der Waals surface area (Å²) in [7, 11) is 0. The van der Waals surface area contributed by atoms with Gasteiger partial charge in [0.05, 0.1) is 12.1 Å². The third-order valence-corrected chi connectivity index (χ3v) is 16.0. The fraction of sp³-hybridized carbons (Fsp3) is 0.518. The molecule has 0 saturated carbocycles. The van der Waals surface area contributed by atoms with E-state index in [0.717, 1.165) is 105 Å². The van der Waals surface area contributed by atoms with E-state index in [9.17, 15) is 14.4 Å². The van der Waals surface area contributed by atoms with E-state index in [0.29, 0.717) is 49.0 Å². The average Bonchev–Trinajstić information content (AvgIpc) is 3.34. The first-order chi connectivity index (χ1) is 33.1. The average molecular weight is 1090 g/mol. The van der Waals surface area contributed by atoms with E-state index >= 15 is 0 Å². The second kappa shape index (κ2) is 28.0. The fourth-order valence-electron chi connectivity index (χ4n) is 11.0. The molecule has 4 aromatic carbocycles. The first-order valence-corrected chi connectivity index (χ1v) is 26.7. The zero-order valence-corrected chi connectivity index (χ0v) is 46.6. The van der Waals surface area contributed by atoms with Crippen LogP contribution in [0.15, 0.2) is 97.1 Å². The molecule has 0 spiro atoms. The number of nitrogens with one attached hydrogen (secondary N) is 1. The Labute approximate surface area is 456 Å². The Morgan fingerprint density at radius 2 is 0.803 bits per heavy atom. The van der Waals surface area contributed by atoms with Gasteiger partial charge in [-0.1, -0.05) is 123 Å². The minimum Gasteiger partial charge on any atom is -0.343 e. The van der Waals surface area contributed by atoms with Crippen LogP contribution in [0, 0.1) is 23.7 Å². The van der Waals surface area contributed by atoms with Crippen molar-refractivity contribution in [2.24, 2.45) is 23.7 Å². The Morgan fingerprint density at radius 3 is 1.10 bits per heavy atom. The Morgan fingerprint density at radius 1 is 0.493 bits per heavy atom. The number of hydrogen-bond donors (Lipinski definition) is 1. The van der Waals surface area contributed by atoms with Gasteiger partial charge in [-0.15, -0.1) is 24.8 Å². The second-order valence-corrected chi connectivity index (χ2v) is 22.1. The summed E-state index contributed by atoms with van der Waals surface area (Å²) in [6.07, 6.45) is 5.29. The lowest BCUT2D eigenvalue weighted by Gasteiger charge is -2.47. The van der Waals surface area contributed by atoms with Gasteiger partial charge in [-0.05, 0) is 133 Å². The molecule has 1 N–H and O–H groups in total. The van der Waals surface area contributed by atoms with Gasteiger partial charge in [-0.2, -0.15) is 0 Å². The molecule has 15 heteroatoms. The minimum absolute atomic E-state index is 0. The van der Waals surface area contributed by atoms with Gasteiger partial charge in [-0.3, -0.25) is 24.2 Å². The monoisotopic (exact) mass is 1090 g/mol. The largest absolute Gasteiger partial charge is 0.343 e. The van der Waals surface area contributed by atoms with Crippen LogP contribution in [0.1, 0.15) is 107 Å². The van der Waals surface area contributed by atoms with Crippen molar-refractivity contribution in [1.29, 1.82) is 0 Å². The molecule has 71 heavy (non-hydrogen) atoms. The van der Waals surface area contributed by atoms with Crippen molar-refractivity contribution in [1.82, 2.24) is 29.8 Å². The first-order valence-electron chi connectivity index (χ1n) is 25.2. The third-order valence-electron chi connectivity index (χ3n) is 15.0. The smallest absolute Gasteiger partial charge is 0.223 e. The van der Waals surface area contributed by atoms with Crippen LogP contribution in [0.5, 0.6) is 0 Å². The summed E-state index contributed by atoms with van der Waals surface area (Å²) in [6.45, 7) is 18.9. The SMILES string of the molecule is CC(=O)N1CCC(CC(=O)N2CCN(C(c3ccc(Cl)cc3)c3ccc(Cl)cc3)C[C@@H]2C(C)C)CC1.CC(C)[C@H]1CN(C(c2ccc(Cl)cc2)c2ccc(Cl)cc2)CCN1C(=O)CC1CCNCC1.Cl.Cl. The van der Waals surface area contributed by atoms with Gasteiger partial charge in [0.1, 0.15) is 0 Å². The topological polar surface area (TPSA) is 79.4 Å². The van der Waals surface area contributed by atoms with Gasteiger partial charge in [0, 0.05) is 104 Å². The first kappa shape index (κ1) is 58.8. The molecule has 4 aliphatic rings. The Balaban J connectivity index is 0.000000258. The molecule has 0 bridgehead atoms. The summed E-state index contributed by atoms with van der Waals surface area (Å²) in [6, 6.07) is 32.9. The second-order valence-electron chi connectivity index (χ2n) is 20.3. The number of benzene rings is 4. The zero-order chi connectivity index (χ0) is 49.2. The standard InChI is InChI=1S/C29H37Cl2N3O2.C27H35Cl2N3O.2ClH/c1-20(2)27-19-33(16-17-34(27)28(36)18-22-12-14-32(15-13-22)21(3)35)29(23-4-8-25(30)9-5-23)24-6-10-26(31)11-7-24;1-19(2)25-18-31(15-16-32(25)26(33)17-20-11-13-30-14-12-20)27(21-3-7-23(28)8-4-21)22-5-9-24(29)10-6-22;;/h4-11,20,22,27,29H,12-19H2,1-3H3;3-10,19-20,25,27,30H,11-18H2,1-2H3;2*1H/t27-;25-;;/m11../s1. The molecule has 0 aromatic heterocycles. The van der Waals surface area contributed by atoms with Crippen LogP contribution in [0.25, 0.3) is 0 Å². The third kappa shape index (κ3) is 16.0. The lowest BCUT2D eigenvalue weighted by molar-refractivity contribution is -0.140. The number of piperazine rings is 2. The fourth-order valence-corrected chi connectivity index (χ4v) is 11.5. The summed E-state index contributed by atoms with van der Waals surface area (Å²) < 4.78 is 0. The molecular weight excluding hydrogens is 1020 g/mol. The lowest BCUT2D eigenvalue weighted by Crippen LogP contribution is -2.58. The number of halogens is 6. The summed E-state index contributed by atoms with van der Waals surface area (Å²) in [4.78, 5) is 49.7. The number of hydrogen-bond acceptors (Lipinski definition) is 6. The maximum Gasteiger partial charge on any atom is 0.223 e. The van der Waals surface area contributed by atoms with Gasteiger partial charge in [0.25, 0.3) is 0 Å². The van der Waals surface area contributed by atoms with Crippen LogP contribution in [0.3, 0.4) is 0 Å². The number of carbonyl (C=O) groups is 3. The highest BCUT2D eigenvalue weighted by Crippen LogP contribution is 2.36. The van der Waals surface area contributed by atoms with E-state index in [2.05, 4.69) is 101 Å². The van der Waals surface area contributed by atoms with E-state index in [1.54, 1.807) is 6.92 Å². The molecule has 4 aromatic rings. The van der Waals surface area contributed by atoms with Crippen molar-refractivity contribution in [3.8, 4) is 0 Å². The van der Waals surface area contributed by atoms with Gasteiger partial charge in [0.2, 0.25) is 17.7 Å². The Hall–Kier alpha value is -3.09. The molecule has 3 amide bonds. The van der Waals surface area contributed by atoms with Gasteiger partial charge < -0.3 is 20.0 Å². The summed E-state index contributed by atoms with van der Waals surface area (Å²) in [5.41, 5.74) is 4.78. The normalized spacial score (nSPS) is 19.6. The molecular formula is C56H74Cl6N6O3. The molecule has 0 unspecified atom stereocenters. The van der Waals surface area contributed by atoms with Gasteiger partial charge in [0.15, 0.2) is 0 Å². The van der Waals surface area contributed by atoms with Gasteiger partial charge in [-0.25, -0.2) is 0 Å². The van der Waals surface area contributed by atoms with E-state index in [1.807, 2.05) is 53.4 Å². The molecule has 2 atom stereocenters. The van der Waals surface area contributed by atoms with Crippen molar-refractivity contribution < 1.29 is 14.4 Å². The van der Waals surface area contributed by atoms with Crippen LogP contribution in [-0.2, 0) is 14.4 Å². The molecule has 4 saturated heterocycles. The highest BCUT2D eigenvalue weighted by molar-refractivity contribution is 6.31. The van der Waals surface area contributed by atoms with Crippen LogP contribution < -0.4 is 5.32 Å². The summed E-state index contributed by atoms with van der Waals surface area (Å²) in [5, 5.41) is 6.32. The highest BCUT2D eigenvalue weighted by atomic mass is 35.5. The van der Waals surface area contributed by atoms with Crippen LogP contribution in [-0.4, -0.2) is 120 Å². The predicted molar refractivity (Wildman–Crippen MR) is 298 cm³/mol. The predicted octanol–water partition coefficient (Wildman–Crippen LogP) is 12.4. The molecule has 0 radical (unpaired) electrons. The zero-order valence-electron chi connectivity index (χ0n) is 42.0. The number of piperidine rings is 2. The van der Waals surface area contributed by atoms with E-state index in [1.165, 1.54) is 22.3 Å². The quantitative estimate of drug-likeness (QED) is 0.152. The number of amides is 3. The molecule has 388 valence electrons. The van der Waals surface area contributed by atoms with Crippen LogP contribution in [0.4, 0.5) is 0 Å². The Kier molecular flexibility index (Phi) is 23.2. The number of rotatable bonds is 12. The van der Waals surface area contributed by atoms with E-state index < -0.39 is 0 Å². The van der Waals surface area contributed by atoms with E-state index in [-0.39, 0.29) is 60.8 Å². The highest BCUT2D eigenvalue weighted by Gasteiger charge is 2.39. The maximum absolute atomic E-state index is 13.5. The lowest BCUT2D eigenvalue weighted by atomic mass is 9.90. The molecule has 9 nitrogen and oxygen atoms in total. The van der Waals surface area contributed by atoms with Crippen LogP contribution >= 0.6 is 71.2 Å². The molecule has 4 fully saturated rings. The number of carbonyl (C=O) groups excluding carboxylic acids is 3. The molecule has 4 aliphatic heterocycles. The van der Waals surface area contributed by atoms with Crippen molar-refractivity contribution in [3.05, 3.63) is 139 Å². The van der Waals surface area contributed by atoms with E-state index in [4.69, 9.17) is 46.4 Å².